The van der Waals surface area contributed by atoms with Gasteiger partial charge in [-0.3, -0.25) is 9.67 Å². The van der Waals surface area contributed by atoms with E-state index in [9.17, 15) is 4.39 Å². The van der Waals surface area contributed by atoms with Crippen molar-refractivity contribution in [2.75, 3.05) is 20.6 Å². The molecule has 0 saturated carbocycles. The van der Waals surface area contributed by atoms with Crippen LogP contribution in [0.2, 0.25) is 0 Å². The number of aromatic nitrogens is 2. The molecular weight excluding hydrogens is 408 g/mol. The topological polar surface area (TPSA) is 45.5 Å². The van der Waals surface area contributed by atoms with Crippen molar-refractivity contribution in [1.29, 1.82) is 0 Å². The average Bonchev–Trinajstić information content (AvgIpc) is 2.91. The quantitative estimate of drug-likeness (QED) is 0.450. The Balaban J connectivity index is 0.00000264. The summed E-state index contributed by atoms with van der Waals surface area (Å²) >= 11 is 0. The zero-order chi connectivity index (χ0) is 15.9. The van der Waals surface area contributed by atoms with E-state index in [0.29, 0.717) is 6.54 Å². The number of hydrogen-bond donors (Lipinski definition) is 1. The van der Waals surface area contributed by atoms with Gasteiger partial charge in [-0.25, -0.2) is 4.39 Å². The van der Waals surface area contributed by atoms with Crippen LogP contribution < -0.4 is 5.32 Å². The van der Waals surface area contributed by atoms with Crippen LogP contribution in [-0.2, 0) is 20.0 Å². The molecular formula is C16H23FIN5. The fourth-order valence-electron chi connectivity index (χ4n) is 2.24. The van der Waals surface area contributed by atoms with Crippen LogP contribution in [0.25, 0.3) is 0 Å². The number of aliphatic imine (C=N–C) groups is 1. The van der Waals surface area contributed by atoms with E-state index in [0.717, 1.165) is 24.5 Å². The molecule has 0 saturated heterocycles. The van der Waals surface area contributed by atoms with Gasteiger partial charge in [0.05, 0.1) is 6.20 Å². The van der Waals surface area contributed by atoms with Crippen molar-refractivity contribution >= 4 is 29.9 Å². The van der Waals surface area contributed by atoms with Crippen molar-refractivity contribution in [3.63, 3.8) is 0 Å². The zero-order valence-corrected chi connectivity index (χ0v) is 16.0. The highest BCUT2D eigenvalue weighted by molar-refractivity contribution is 14.0. The summed E-state index contributed by atoms with van der Waals surface area (Å²) in [6.45, 7) is 1.46. The van der Waals surface area contributed by atoms with Gasteiger partial charge < -0.3 is 10.2 Å². The molecule has 0 fully saturated rings. The second kappa shape index (κ2) is 9.49. The number of hydrogen-bond acceptors (Lipinski definition) is 2. The second-order valence-corrected chi connectivity index (χ2v) is 5.23. The second-order valence-electron chi connectivity index (χ2n) is 5.23. The molecule has 0 bridgehead atoms. The van der Waals surface area contributed by atoms with Gasteiger partial charge in [0, 0.05) is 40.4 Å². The van der Waals surface area contributed by atoms with Crippen molar-refractivity contribution in [3.8, 4) is 0 Å². The molecule has 0 aliphatic carbocycles. The lowest BCUT2D eigenvalue weighted by molar-refractivity contribution is 0.476. The highest BCUT2D eigenvalue weighted by Crippen LogP contribution is 2.05. The molecule has 7 heteroatoms. The summed E-state index contributed by atoms with van der Waals surface area (Å²) in [5.74, 6) is 0.596. The minimum Gasteiger partial charge on any atom is -0.356 e. The summed E-state index contributed by atoms with van der Waals surface area (Å²) in [5.41, 5.74) is 2.23. The van der Waals surface area contributed by atoms with Gasteiger partial charge in [-0.15, -0.1) is 24.0 Å². The Kier molecular flexibility index (Phi) is 8.01. The Morgan fingerprint density at radius 1 is 1.30 bits per heavy atom. The molecule has 2 rings (SSSR count). The molecule has 23 heavy (non-hydrogen) atoms. The summed E-state index contributed by atoms with van der Waals surface area (Å²) in [7, 11) is 5.63. The monoisotopic (exact) mass is 431 g/mol. The Bertz CT molecular complexity index is 624. The van der Waals surface area contributed by atoms with Gasteiger partial charge in [0.2, 0.25) is 0 Å². The molecule has 1 N–H and O–H groups in total. The molecule has 1 heterocycles. The number of aryl methyl sites for hydroxylation is 1. The molecule has 1 aromatic heterocycles. The molecule has 0 radical (unpaired) electrons. The van der Waals surface area contributed by atoms with Gasteiger partial charge in [-0.2, -0.15) is 5.10 Å². The summed E-state index contributed by atoms with van der Waals surface area (Å²) in [6.07, 6.45) is 4.76. The van der Waals surface area contributed by atoms with E-state index in [-0.39, 0.29) is 29.8 Å². The predicted octanol–water partition coefficient (Wildman–Crippen LogP) is 2.43. The number of rotatable bonds is 5. The number of guanidine groups is 1. The van der Waals surface area contributed by atoms with Gasteiger partial charge in [0.15, 0.2) is 5.96 Å². The fraction of sp³-hybridized carbons (Fsp3) is 0.375. The summed E-state index contributed by atoms with van der Waals surface area (Å²) in [6, 6.07) is 6.52. The van der Waals surface area contributed by atoms with E-state index < -0.39 is 0 Å². The van der Waals surface area contributed by atoms with Crippen LogP contribution in [0.3, 0.4) is 0 Å². The van der Waals surface area contributed by atoms with Gasteiger partial charge in [-0.1, -0.05) is 12.1 Å². The van der Waals surface area contributed by atoms with Gasteiger partial charge in [-0.05, 0) is 29.7 Å². The Hall–Kier alpha value is -1.64. The summed E-state index contributed by atoms with van der Waals surface area (Å²) < 4.78 is 14.7. The molecule has 0 aliphatic rings. The zero-order valence-electron chi connectivity index (χ0n) is 13.7. The smallest absolute Gasteiger partial charge is 0.193 e. The molecule has 5 nitrogen and oxygen atoms in total. The van der Waals surface area contributed by atoms with Crippen LogP contribution in [0.15, 0.2) is 41.7 Å². The highest BCUT2D eigenvalue weighted by atomic mass is 127. The Morgan fingerprint density at radius 3 is 2.57 bits per heavy atom. The SMILES string of the molecule is CN=C(NCCc1cnn(C)c1)N(C)Cc1ccc(F)cc1.I. The molecule has 0 amide bonds. The van der Waals surface area contributed by atoms with Crippen molar-refractivity contribution in [3.05, 3.63) is 53.6 Å². The molecule has 0 atom stereocenters. The van der Waals surface area contributed by atoms with Gasteiger partial charge in [0.1, 0.15) is 5.82 Å². The molecule has 0 aliphatic heterocycles. The number of nitrogens with one attached hydrogen (secondary N) is 1. The first kappa shape index (κ1) is 19.4. The van der Waals surface area contributed by atoms with Crippen LogP contribution >= 0.6 is 24.0 Å². The Labute approximate surface area is 153 Å². The van der Waals surface area contributed by atoms with Crippen LogP contribution in [-0.4, -0.2) is 41.3 Å². The lowest BCUT2D eigenvalue weighted by Crippen LogP contribution is -2.39. The third-order valence-electron chi connectivity index (χ3n) is 3.36. The lowest BCUT2D eigenvalue weighted by atomic mass is 10.2. The summed E-state index contributed by atoms with van der Waals surface area (Å²) in [5, 5.41) is 7.47. The van der Waals surface area contributed by atoms with Crippen molar-refractivity contribution in [2.24, 2.45) is 12.0 Å². The van der Waals surface area contributed by atoms with Crippen LogP contribution in [0, 0.1) is 5.82 Å². The van der Waals surface area contributed by atoms with E-state index >= 15 is 0 Å². The largest absolute Gasteiger partial charge is 0.356 e. The molecule has 0 spiro atoms. The van der Waals surface area contributed by atoms with E-state index in [1.165, 1.54) is 17.7 Å². The fourth-order valence-corrected chi connectivity index (χ4v) is 2.24. The first-order valence-electron chi connectivity index (χ1n) is 7.22. The van der Waals surface area contributed by atoms with Crippen LogP contribution in [0.4, 0.5) is 4.39 Å². The van der Waals surface area contributed by atoms with Crippen molar-refractivity contribution in [1.82, 2.24) is 20.0 Å². The average molecular weight is 431 g/mol. The molecule has 0 unspecified atom stereocenters. The number of nitrogens with zero attached hydrogens (tertiary/aromatic N) is 4. The molecule has 2 aromatic rings. The number of benzene rings is 1. The normalized spacial score (nSPS) is 11.0. The van der Waals surface area contributed by atoms with Gasteiger partial charge in [0.25, 0.3) is 0 Å². The van der Waals surface area contributed by atoms with Crippen LogP contribution in [0.1, 0.15) is 11.1 Å². The maximum Gasteiger partial charge on any atom is 0.193 e. The Morgan fingerprint density at radius 2 is 2.00 bits per heavy atom. The van der Waals surface area contributed by atoms with E-state index in [4.69, 9.17) is 0 Å². The van der Waals surface area contributed by atoms with Crippen LogP contribution in [0.5, 0.6) is 0 Å². The maximum absolute atomic E-state index is 12.9. The minimum absolute atomic E-state index is 0. The standard InChI is InChI=1S/C16H22FN5.HI/c1-18-16(19-9-8-14-10-20-22(3)12-14)21(2)11-13-4-6-15(17)7-5-13;/h4-7,10,12H,8-9,11H2,1-3H3,(H,18,19);1H. The van der Waals surface area contributed by atoms with E-state index in [1.807, 2.05) is 31.4 Å². The van der Waals surface area contributed by atoms with Gasteiger partial charge >= 0.3 is 0 Å². The van der Waals surface area contributed by atoms with Crippen molar-refractivity contribution < 1.29 is 4.39 Å². The third kappa shape index (κ3) is 6.17. The molecule has 1 aromatic carbocycles. The first-order valence-corrected chi connectivity index (χ1v) is 7.22. The maximum atomic E-state index is 12.9. The van der Waals surface area contributed by atoms with Crippen molar-refractivity contribution in [2.45, 2.75) is 13.0 Å². The third-order valence-corrected chi connectivity index (χ3v) is 3.36. The highest BCUT2D eigenvalue weighted by Gasteiger charge is 2.06. The minimum atomic E-state index is -0.217. The number of halogens is 2. The lowest BCUT2D eigenvalue weighted by Gasteiger charge is -2.22. The predicted molar refractivity (Wildman–Crippen MR) is 102 cm³/mol. The van der Waals surface area contributed by atoms with E-state index in [2.05, 4.69) is 15.4 Å². The first-order chi connectivity index (χ1) is 10.6. The molecule has 126 valence electrons. The summed E-state index contributed by atoms with van der Waals surface area (Å²) in [4.78, 5) is 6.29. The van der Waals surface area contributed by atoms with E-state index in [1.54, 1.807) is 23.9 Å².